The van der Waals surface area contributed by atoms with Crippen molar-refractivity contribution < 1.29 is 0 Å². The lowest BCUT2D eigenvalue weighted by Crippen LogP contribution is -2.59. The van der Waals surface area contributed by atoms with Gasteiger partial charge in [-0.3, -0.25) is 4.90 Å². The number of piperazine rings is 1. The number of hydrogen-bond acceptors (Lipinski definition) is 2. The van der Waals surface area contributed by atoms with Crippen molar-refractivity contribution in [1.82, 2.24) is 10.2 Å². The molecule has 2 aliphatic rings. The topological polar surface area (TPSA) is 15.3 Å². The SMILES string of the molecule is CCCC1CN(C2CC(C)CC(C)C2)C(C)CN1. The summed E-state index contributed by atoms with van der Waals surface area (Å²) in [5.41, 5.74) is 0. The van der Waals surface area contributed by atoms with Gasteiger partial charge in [-0.15, -0.1) is 0 Å². The molecule has 0 aromatic rings. The van der Waals surface area contributed by atoms with E-state index in [0.717, 1.165) is 30.0 Å². The highest BCUT2D eigenvalue weighted by Crippen LogP contribution is 2.33. The van der Waals surface area contributed by atoms with Crippen molar-refractivity contribution >= 4 is 0 Å². The molecule has 0 spiro atoms. The third-order valence-corrected chi connectivity index (χ3v) is 4.96. The van der Waals surface area contributed by atoms with Crippen molar-refractivity contribution in [1.29, 1.82) is 0 Å². The standard InChI is InChI=1S/C16H32N2/c1-5-6-15-11-18(14(4)10-17-15)16-8-12(2)7-13(3)9-16/h12-17H,5-11H2,1-4H3. The molecule has 0 amide bonds. The van der Waals surface area contributed by atoms with Gasteiger partial charge >= 0.3 is 0 Å². The quantitative estimate of drug-likeness (QED) is 0.829. The second-order valence-corrected chi connectivity index (χ2v) is 7.01. The van der Waals surface area contributed by atoms with Crippen molar-refractivity contribution in [3.8, 4) is 0 Å². The van der Waals surface area contributed by atoms with Gasteiger partial charge in [0.05, 0.1) is 0 Å². The van der Waals surface area contributed by atoms with Crippen LogP contribution < -0.4 is 5.32 Å². The summed E-state index contributed by atoms with van der Waals surface area (Å²) < 4.78 is 0. The molecule has 2 rings (SSSR count). The molecule has 0 bridgehead atoms. The maximum atomic E-state index is 3.72. The van der Waals surface area contributed by atoms with Gasteiger partial charge < -0.3 is 5.32 Å². The first-order valence-corrected chi connectivity index (χ1v) is 8.09. The Morgan fingerprint density at radius 2 is 1.72 bits per heavy atom. The molecule has 2 heteroatoms. The van der Waals surface area contributed by atoms with Crippen LogP contribution in [0.4, 0.5) is 0 Å². The third-order valence-electron chi connectivity index (χ3n) is 4.96. The maximum absolute atomic E-state index is 3.72. The van der Waals surface area contributed by atoms with E-state index >= 15 is 0 Å². The average molecular weight is 252 g/mol. The van der Waals surface area contributed by atoms with Gasteiger partial charge in [0.25, 0.3) is 0 Å². The van der Waals surface area contributed by atoms with Gasteiger partial charge in [0.2, 0.25) is 0 Å². The zero-order valence-electron chi connectivity index (χ0n) is 12.8. The molecule has 0 aromatic carbocycles. The van der Waals surface area contributed by atoms with Crippen LogP contribution in [0.2, 0.25) is 0 Å². The van der Waals surface area contributed by atoms with Gasteiger partial charge in [-0.1, -0.05) is 27.2 Å². The third kappa shape index (κ3) is 3.48. The molecule has 106 valence electrons. The van der Waals surface area contributed by atoms with Gasteiger partial charge in [-0.05, 0) is 44.4 Å². The molecular formula is C16H32N2. The van der Waals surface area contributed by atoms with Crippen molar-refractivity contribution in [2.75, 3.05) is 13.1 Å². The lowest BCUT2D eigenvalue weighted by Gasteiger charge is -2.47. The summed E-state index contributed by atoms with van der Waals surface area (Å²) >= 11 is 0. The van der Waals surface area contributed by atoms with E-state index in [2.05, 4.69) is 37.9 Å². The fourth-order valence-electron chi connectivity index (χ4n) is 4.18. The lowest BCUT2D eigenvalue weighted by atomic mass is 9.79. The molecular weight excluding hydrogens is 220 g/mol. The van der Waals surface area contributed by atoms with Gasteiger partial charge in [-0.2, -0.15) is 0 Å². The van der Waals surface area contributed by atoms with Crippen molar-refractivity contribution in [3.63, 3.8) is 0 Å². The van der Waals surface area contributed by atoms with E-state index in [4.69, 9.17) is 0 Å². The summed E-state index contributed by atoms with van der Waals surface area (Å²) in [4.78, 5) is 2.82. The number of nitrogens with zero attached hydrogens (tertiary/aromatic N) is 1. The predicted molar refractivity (Wildman–Crippen MR) is 78.8 cm³/mol. The Bertz CT molecular complexity index is 243. The van der Waals surface area contributed by atoms with Gasteiger partial charge in [0, 0.05) is 31.2 Å². The van der Waals surface area contributed by atoms with E-state index in [0.29, 0.717) is 0 Å². The highest BCUT2D eigenvalue weighted by Gasteiger charge is 2.34. The molecule has 0 aromatic heterocycles. The van der Waals surface area contributed by atoms with Crippen molar-refractivity contribution in [2.45, 2.75) is 77.9 Å². The lowest BCUT2D eigenvalue weighted by molar-refractivity contribution is 0.0437. The molecule has 4 atom stereocenters. The van der Waals surface area contributed by atoms with E-state index in [9.17, 15) is 0 Å². The first-order valence-electron chi connectivity index (χ1n) is 8.09. The summed E-state index contributed by atoms with van der Waals surface area (Å²) in [6, 6.07) is 2.31. The van der Waals surface area contributed by atoms with Crippen LogP contribution in [0.1, 0.15) is 59.8 Å². The Kier molecular flexibility index (Phi) is 5.08. The summed E-state index contributed by atoms with van der Waals surface area (Å²) in [7, 11) is 0. The largest absolute Gasteiger partial charge is 0.311 e. The van der Waals surface area contributed by atoms with E-state index in [1.54, 1.807) is 0 Å². The summed E-state index contributed by atoms with van der Waals surface area (Å²) in [5, 5.41) is 3.72. The zero-order valence-corrected chi connectivity index (χ0v) is 12.8. The van der Waals surface area contributed by atoms with Crippen molar-refractivity contribution in [3.05, 3.63) is 0 Å². The molecule has 2 fully saturated rings. The number of hydrogen-bond donors (Lipinski definition) is 1. The molecule has 1 saturated heterocycles. The van der Waals surface area contributed by atoms with Crippen LogP contribution in [-0.2, 0) is 0 Å². The highest BCUT2D eigenvalue weighted by molar-refractivity contribution is 4.90. The Balaban J connectivity index is 1.96. The van der Waals surface area contributed by atoms with Gasteiger partial charge in [0.15, 0.2) is 0 Å². The smallest absolute Gasteiger partial charge is 0.0196 e. The maximum Gasteiger partial charge on any atom is 0.0196 e. The molecule has 1 heterocycles. The molecule has 1 aliphatic carbocycles. The van der Waals surface area contributed by atoms with E-state index in [1.165, 1.54) is 45.2 Å². The first kappa shape index (κ1) is 14.3. The monoisotopic (exact) mass is 252 g/mol. The second kappa shape index (κ2) is 6.38. The van der Waals surface area contributed by atoms with E-state index < -0.39 is 0 Å². The van der Waals surface area contributed by atoms with Crippen LogP contribution in [0.5, 0.6) is 0 Å². The Labute approximate surface area is 114 Å². The second-order valence-electron chi connectivity index (χ2n) is 7.01. The van der Waals surface area contributed by atoms with Crippen molar-refractivity contribution in [2.24, 2.45) is 11.8 Å². The fraction of sp³-hybridized carbons (Fsp3) is 1.00. The number of rotatable bonds is 3. The summed E-state index contributed by atoms with van der Waals surface area (Å²) in [5.74, 6) is 1.84. The Morgan fingerprint density at radius 1 is 1.06 bits per heavy atom. The summed E-state index contributed by atoms with van der Waals surface area (Å²) in [6.07, 6.45) is 6.93. The van der Waals surface area contributed by atoms with Crippen LogP contribution in [-0.4, -0.2) is 36.1 Å². The minimum absolute atomic E-state index is 0.723. The Hall–Kier alpha value is -0.0800. The molecule has 18 heavy (non-hydrogen) atoms. The zero-order chi connectivity index (χ0) is 13.1. The van der Waals surface area contributed by atoms with Crippen LogP contribution in [0.25, 0.3) is 0 Å². The van der Waals surface area contributed by atoms with Crippen LogP contribution >= 0.6 is 0 Å². The molecule has 0 radical (unpaired) electrons. The van der Waals surface area contributed by atoms with Crippen LogP contribution in [0.3, 0.4) is 0 Å². The minimum Gasteiger partial charge on any atom is -0.311 e. The molecule has 1 saturated carbocycles. The molecule has 4 unspecified atom stereocenters. The minimum atomic E-state index is 0.723. The highest BCUT2D eigenvalue weighted by atomic mass is 15.3. The van der Waals surface area contributed by atoms with E-state index in [-0.39, 0.29) is 0 Å². The predicted octanol–water partition coefficient (Wildman–Crippen LogP) is 3.27. The van der Waals surface area contributed by atoms with Crippen LogP contribution in [0.15, 0.2) is 0 Å². The van der Waals surface area contributed by atoms with Gasteiger partial charge in [0.1, 0.15) is 0 Å². The molecule has 1 N–H and O–H groups in total. The van der Waals surface area contributed by atoms with E-state index in [1.807, 2.05) is 0 Å². The van der Waals surface area contributed by atoms with Gasteiger partial charge in [-0.25, -0.2) is 0 Å². The molecule has 2 nitrogen and oxygen atoms in total. The normalized spacial score (nSPS) is 43.0. The first-order chi connectivity index (χ1) is 8.60. The Morgan fingerprint density at radius 3 is 2.33 bits per heavy atom. The summed E-state index contributed by atoms with van der Waals surface area (Å²) in [6.45, 7) is 12.1. The fourth-order valence-corrected chi connectivity index (χ4v) is 4.18. The number of nitrogens with one attached hydrogen (secondary N) is 1. The van der Waals surface area contributed by atoms with Crippen LogP contribution in [0, 0.1) is 11.8 Å². The molecule has 1 aliphatic heterocycles. The average Bonchev–Trinajstić information content (AvgIpc) is 2.30.